The largest absolute Gasteiger partial charge is 0.497 e. The van der Waals surface area contributed by atoms with Crippen LogP contribution in [0.4, 0.5) is 0 Å². The van der Waals surface area contributed by atoms with E-state index in [4.69, 9.17) is 19.8 Å². The first-order valence-electron chi connectivity index (χ1n) is 4.86. The molecule has 1 atom stereocenters. The number of carbonyl (C=O) groups is 1. The number of nitrogens with zero attached hydrogens (tertiary/aromatic N) is 1. The second kappa shape index (κ2) is 4.74. The molecule has 0 radical (unpaired) electrons. The predicted molar refractivity (Wildman–Crippen MR) is 60.1 cm³/mol. The van der Waals surface area contributed by atoms with Crippen LogP contribution in [-0.4, -0.2) is 25.3 Å². The lowest BCUT2D eigenvalue weighted by Gasteiger charge is -2.20. The van der Waals surface area contributed by atoms with Crippen molar-refractivity contribution >= 4 is 5.97 Å². The molecule has 0 heterocycles. The van der Waals surface area contributed by atoms with Crippen molar-refractivity contribution in [3.8, 4) is 17.6 Å². The Labute approximate surface area is 99.2 Å². The summed E-state index contributed by atoms with van der Waals surface area (Å²) >= 11 is 0. The number of methoxy groups -OCH3 is 2. The zero-order chi connectivity index (χ0) is 13.1. The average Bonchev–Trinajstić information content (AvgIpc) is 2.36. The molecule has 0 aromatic heterocycles. The summed E-state index contributed by atoms with van der Waals surface area (Å²) in [5.41, 5.74) is -1.39. The van der Waals surface area contributed by atoms with Crippen LogP contribution in [0.5, 0.6) is 11.5 Å². The Hall–Kier alpha value is -2.22. The summed E-state index contributed by atoms with van der Waals surface area (Å²) in [7, 11) is 2.89. The van der Waals surface area contributed by atoms with E-state index < -0.39 is 11.4 Å². The van der Waals surface area contributed by atoms with Gasteiger partial charge in [-0.3, -0.25) is 4.79 Å². The first-order chi connectivity index (χ1) is 7.99. The average molecular weight is 235 g/mol. The topological polar surface area (TPSA) is 79.5 Å². The number of benzene rings is 1. The Morgan fingerprint density at radius 3 is 2.47 bits per heavy atom. The van der Waals surface area contributed by atoms with E-state index >= 15 is 0 Å². The van der Waals surface area contributed by atoms with Gasteiger partial charge in [-0.15, -0.1) is 0 Å². The Morgan fingerprint density at radius 2 is 2.06 bits per heavy atom. The Kier molecular flexibility index (Phi) is 3.59. The van der Waals surface area contributed by atoms with Gasteiger partial charge in [0, 0.05) is 5.56 Å². The van der Waals surface area contributed by atoms with Crippen molar-refractivity contribution < 1.29 is 19.4 Å². The first-order valence-corrected chi connectivity index (χ1v) is 4.86. The molecule has 0 fully saturated rings. The van der Waals surface area contributed by atoms with Gasteiger partial charge in [0.05, 0.1) is 20.3 Å². The third kappa shape index (κ3) is 2.16. The summed E-state index contributed by atoms with van der Waals surface area (Å²) in [6.45, 7) is 1.33. The van der Waals surface area contributed by atoms with Crippen LogP contribution in [-0.2, 0) is 10.2 Å². The highest BCUT2D eigenvalue weighted by Crippen LogP contribution is 2.34. The van der Waals surface area contributed by atoms with Gasteiger partial charge in [-0.25, -0.2) is 0 Å². The summed E-state index contributed by atoms with van der Waals surface area (Å²) in [5, 5.41) is 18.2. The highest BCUT2D eigenvalue weighted by Gasteiger charge is 2.38. The number of nitriles is 1. The number of carboxylic acid groups (broad SMARTS) is 1. The van der Waals surface area contributed by atoms with Gasteiger partial charge in [0.2, 0.25) is 0 Å². The summed E-state index contributed by atoms with van der Waals surface area (Å²) in [6, 6.07) is 6.50. The van der Waals surface area contributed by atoms with Gasteiger partial charge < -0.3 is 14.6 Å². The van der Waals surface area contributed by atoms with E-state index in [2.05, 4.69) is 0 Å². The maximum atomic E-state index is 11.2. The van der Waals surface area contributed by atoms with E-state index in [1.165, 1.54) is 27.2 Å². The molecule has 0 saturated heterocycles. The molecule has 90 valence electrons. The van der Waals surface area contributed by atoms with Gasteiger partial charge in [0.15, 0.2) is 5.41 Å². The molecule has 0 amide bonds. The molecule has 1 rings (SSSR count). The van der Waals surface area contributed by atoms with Crippen LogP contribution >= 0.6 is 0 Å². The molecule has 1 aromatic carbocycles. The monoisotopic (exact) mass is 235 g/mol. The van der Waals surface area contributed by atoms with Crippen molar-refractivity contribution in [3.63, 3.8) is 0 Å². The van der Waals surface area contributed by atoms with Crippen molar-refractivity contribution in [2.24, 2.45) is 0 Å². The molecule has 0 saturated carbocycles. The number of hydrogen-bond donors (Lipinski definition) is 1. The molecule has 5 nitrogen and oxygen atoms in total. The van der Waals surface area contributed by atoms with Gasteiger partial charge in [-0.1, -0.05) is 0 Å². The minimum Gasteiger partial charge on any atom is -0.497 e. The molecule has 0 aliphatic rings. The van der Waals surface area contributed by atoms with Gasteiger partial charge in [-0.2, -0.15) is 5.26 Å². The quantitative estimate of drug-likeness (QED) is 0.856. The van der Waals surface area contributed by atoms with Crippen molar-refractivity contribution in [1.29, 1.82) is 5.26 Å². The number of rotatable bonds is 4. The highest BCUT2D eigenvalue weighted by atomic mass is 16.5. The Bertz CT molecular complexity index is 478. The van der Waals surface area contributed by atoms with Gasteiger partial charge in [0.25, 0.3) is 0 Å². The van der Waals surface area contributed by atoms with E-state index in [1.54, 1.807) is 18.2 Å². The van der Waals surface area contributed by atoms with Crippen LogP contribution in [0.25, 0.3) is 0 Å². The Balaban J connectivity index is 3.46. The smallest absolute Gasteiger partial charge is 0.328 e. The third-order valence-corrected chi connectivity index (χ3v) is 2.60. The molecule has 0 bridgehead atoms. The van der Waals surface area contributed by atoms with Crippen LogP contribution < -0.4 is 9.47 Å². The van der Waals surface area contributed by atoms with Crippen LogP contribution in [0.3, 0.4) is 0 Å². The van der Waals surface area contributed by atoms with Gasteiger partial charge >= 0.3 is 5.97 Å². The molecular weight excluding hydrogens is 222 g/mol. The summed E-state index contributed by atoms with van der Waals surface area (Å²) in [5.74, 6) is -0.410. The molecule has 17 heavy (non-hydrogen) atoms. The van der Waals surface area contributed by atoms with E-state index in [0.29, 0.717) is 11.5 Å². The number of carboxylic acids is 1. The van der Waals surface area contributed by atoms with E-state index in [9.17, 15) is 4.79 Å². The van der Waals surface area contributed by atoms with Crippen LogP contribution in [0.15, 0.2) is 18.2 Å². The van der Waals surface area contributed by atoms with E-state index in [-0.39, 0.29) is 5.56 Å². The zero-order valence-corrected chi connectivity index (χ0v) is 9.85. The zero-order valence-electron chi connectivity index (χ0n) is 9.85. The van der Waals surface area contributed by atoms with E-state index in [0.717, 1.165) is 0 Å². The molecule has 0 aliphatic carbocycles. The minimum absolute atomic E-state index is 0.273. The summed E-state index contributed by atoms with van der Waals surface area (Å²) in [4.78, 5) is 11.2. The van der Waals surface area contributed by atoms with Gasteiger partial charge in [0.1, 0.15) is 11.5 Å². The fourth-order valence-electron chi connectivity index (χ4n) is 1.43. The standard InChI is InChI=1S/C12H13NO4/c1-12(7-13,11(14)15)9-6-8(16-2)4-5-10(9)17-3/h4-6H,1-3H3,(H,14,15). The normalized spacial score (nSPS) is 13.3. The lowest BCUT2D eigenvalue weighted by Crippen LogP contribution is -2.31. The maximum absolute atomic E-state index is 11.2. The predicted octanol–water partition coefficient (Wildman–Crippen LogP) is 1.57. The lowest BCUT2D eigenvalue weighted by molar-refractivity contribution is -0.141. The van der Waals surface area contributed by atoms with Crippen molar-refractivity contribution in [3.05, 3.63) is 23.8 Å². The second-order valence-corrected chi connectivity index (χ2v) is 3.61. The Morgan fingerprint density at radius 1 is 1.41 bits per heavy atom. The lowest BCUT2D eigenvalue weighted by atomic mass is 9.83. The summed E-state index contributed by atoms with van der Waals surface area (Å²) < 4.78 is 10.1. The molecule has 1 aromatic rings. The molecular formula is C12H13NO4. The third-order valence-electron chi connectivity index (χ3n) is 2.60. The van der Waals surface area contributed by atoms with Gasteiger partial charge in [-0.05, 0) is 25.1 Å². The number of ether oxygens (including phenoxy) is 2. The first kappa shape index (κ1) is 12.8. The van der Waals surface area contributed by atoms with Crippen molar-refractivity contribution in [2.75, 3.05) is 14.2 Å². The fraction of sp³-hybridized carbons (Fsp3) is 0.333. The number of aliphatic carboxylic acids is 1. The van der Waals surface area contributed by atoms with Crippen LogP contribution in [0.2, 0.25) is 0 Å². The SMILES string of the molecule is COc1ccc(OC)c(C(C)(C#N)C(=O)O)c1. The fourth-order valence-corrected chi connectivity index (χ4v) is 1.43. The second-order valence-electron chi connectivity index (χ2n) is 3.61. The highest BCUT2D eigenvalue weighted by molar-refractivity contribution is 5.85. The maximum Gasteiger partial charge on any atom is 0.328 e. The van der Waals surface area contributed by atoms with Crippen molar-refractivity contribution in [2.45, 2.75) is 12.3 Å². The molecule has 0 aliphatic heterocycles. The van der Waals surface area contributed by atoms with Crippen molar-refractivity contribution in [1.82, 2.24) is 0 Å². The molecule has 0 spiro atoms. The molecule has 1 N–H and O–H groups in total. The minimum atomic E-state index is -1.67. The van der Waals surface area contributed by atoms with E-state index in [1.807, 2.05) is 0 Å². The summed E-state index contributed by atoms with van der Waals surface area (Å²) in [6.07, 6.45) is 0. The molecule has 5 heteroatoms. The number of hydrogen-bond acceptors (Lipinski definition) is 4. The van der Waals surface area contributed by atoms with Crippen LogP contribution in [0.1, 0.15) is 12.5 Å². The molecule has 1 unspecified atom stereocenters. The van der Waals surface area contributed by atoms with Crippen LogP contribution in [0, 0.1) is 11.3 Å².